The Kier molecular flexibility index (Phi) is 3.79. The van der Waals surface area contributed by atoms with Crippen molar-refractivity contribution in [2.24, 2.45) is 0 Å². The third-order valence-corrected chi connectivity index (χ3v) is 3.50. The zero-order chi connectivity index (χ0) is 14.0. The molecule has 0 spiro atoms. The van der Waals surface area contributed by atoms with E-state index in [0.717, 1.165) is 25.9 Å². The first-order valence-electron chi connectivity index (χ1n) is 6.17. The minimum Gasteiger partial charge on any atom is -0.378 e. The van der Waals surface area contributed by atoms with Crippen molar-refractivity contribution in [3.05, 3.63) is 16.4 Å². The molecule has 1 saturated heterocycles. The van der Waals surface area contributed by atoms with Crippen LogP contribution in [-0.2, 0) is 0 Å². The van der Waals surface area contributed by atoms with Crippen molar-refractivity contribution in [1.82, 2.24) is 14.9 Å². The number of nitrogen functional groups attached to an aromatic ring is 1. The molecular formula is C11H18N6O2. The van der Waals surface area contributed by atoms with E-state index in [0.29, 0.717) is 0 Å². The molecule has 1 atom stereocenters. The highest BCUT2D eigenvalue weighted by atomic mass is 16.6. The predicted molar refractivity (Wildman–Crippen MR) is 72.0 cm³/mol. The Bertz CT molecular complexity index is 480. The lowest BCUT2D eigenvalue weighted by molar-refractivity contribution is -0.383. The van der Waals surface area contributed by atoms with E-state index in [1.54, 1.807) is 0 Å². The number of nitrogens with zero attached hydrogens (tertiary/aromatic N) is 5. The zero-order valence-corrected chi connectivity index (χ0v) is 11.1. The normalized spacial score (nSPS) is 20.2. The number of likely N-dealkylation sites (tertiary alicyclic amines) is 1. The first-order chi connectivity index (χ1) is 9.00. The van der Waals surface area contributed by atoms with Crippen LogP contribution in [0.4, 0.5) is 17.3 Å². The van der Waals surface area contributed by atoms with E-state index >= 15 is 0 Å². The SMILES string of the molecule is CN1CCCC(N(C)c2ncnc(N)c2[N+](=O)[O-])C1. The van der Waals surface area contributed by atoms with Gasteiger partial charge >= 0.3 is 5.69 Å². The first kappa shape index (κ1) is 13.5. The van der Waals surface area contributed by atoms with E-state index in [-0.39, 0.29) is 23.4 Å². The molecule has 2 rings (SSSR count). The summed E-state index contributed by atoms with van der Waals surface area (Å²) in [6.45, 7) is 1.91. The molecule has 104 valence electrons. The standard InChI is InChI=1S/C11H18N6O2/c1-15-5-3-4-8(6-15)16(2)11-9(17(18)19)10(12)13-7-14-11/h7-8H,3-6H2,1-2H3,(H2,12,13,14). The highest BCUT2D eigenvalue weighted by molar-refractivity contribution is 5.68. The minimum atomic E-state index is -0.520. The number of nitrogens with two attached hydrogens (primary N) is 1. The topological polar surface area (TPSA) is 101 Å². The van der Waals surface area contributed by atoms with Gasteiger partial charge in [0.15, 0.2) is 0 Å². The maximum absolute atomic E-state index is 11.1. The van der Waals surface area contributed by atoms with Gasteiger partial charge in [0.1, 0.15) is 6.33 Å². The average Bonchev–Trinajstić information content (AvgIpc) is 2.37. The van der Waals surface area contributed by atoms with Gasteiger partial charge in [0.05, 0.1) is 4.92 Å². The minimum absolute atomic E-state index is 0.0917. The molecule has 0 amide bonds. The Balaban J connectivity index is 2.30. The molecule has 2 N–H and O–H groups in total. The molecule has 2 heterocycles. The lowest BCUT2D eigenvalue weighted by atomic mass is 10.1. The summed E-state index contributed by atoms with van der Waals surface area (Å²) < 4.78 is 0. The van der Waals surface area contributed by atoms with Gasteiger partial charge in [0.25, 0.3) is 0 Å². The van der Waals surface area contributed by atoms with Gasteiger partial charge in [-0.2, -0.15) is 0 Å². The van der Waals surface area contributed by atoms with Crippen LogP contribution in [0.15, 0.2) is 6.33 Å². The van der Waals surface area contributed by atoms with E-state index in [1.165, 1.54) is 6.33 Å². The first-order valence-corrected chi connectivity index (χ1v) is 6.17. The third-order valence-electron chi connectivity index (χ3n) is 3.50. The summed E-state index contributed by atoms with van der Waals surface area (Å²) in [5.74, 6) is 0.198. The molecule has 8 nitrogen and oxygen atoms in total. The fraction of sp³-hybridized carbons (Fsp3) is 0.636. The van der Waals surface area contributed by atoms with E-state index in [1.807, 2.05) is 19.0 Å². The number of hydrogen-bond donors (Lipinski definition) is 1. The molecule has 0 saturated carbocycles. The molecule has 0 aromatic carbocycles. The van der Waals surface area contributed by atoms with Crippen molar-refractivity contribution < 1.29 is 4.92 Å². The highest BCUT2D eigenvalue weighted by Gasteiger charge is 2.29. The summed E-state index contributed by atoms with van der Waals surface area (Å²) in [5, 5.41) is 11.1. The van der Waals surface area contributed by atoms with Crippen LogP contribution in [0.25, 0.3) is 0 Å². The van der Waals surface area contributed by atoms with E-state index in [9.17, 15) is 10.1 Å². The third kappa shape index (κ3) is 2.73. The predicted octanol–water partition coefficient (Wildman–Crippen LogP) is 0.497. The van der Waals surface area contributed by atoms with Gasteiger partial charge in [-0.15, -0.1) is 0 Å². The molecule has 0 aliphatic carbocycles. The number of likely N-dealkylation sites (N-methyl/N-ethyl adjacent to an activating group) is 2. The van der Waals surface area contributed by atoms with Crippen LogP contribution in [-0.4, -0.2) is 53.0 Å². The van der Waals surface area contributed by atoms with E-state index in [4.69, 9.17) is 5.73 Å². The quantitative estimate of drug-likeness (QED) is 0.627. The number of rotatable bonds is 3. The number of aromatic nitrogens is 2. The highest BCUT2D eigenvalue weighted by Crippen LogP contribution is 2.31. The van der Waals surface area contributed by atoms with Crippen molar-refractivity contribution in [3.8, 4) is 0 Å². The second kappa shape index (κ2) is 5.35. The van der Waals surface area contributed by atoms with Crippen LogP contribution in [0.3, 0.4) is 0 Å². The van der Waals surface area contributed by atoms with Crippen LogP contribution in [0.5, 0.6) is 0 Å². The van der Waals surface area contributed by atoms with Crippen molar-refractivity contribution >= 4 is 17.3 Å². The molecule has 1 aliphatic heterocycles. The molecule has 19 heavy (non-hydrogen) atoms. The van der Waals surface area contributed by atoms with Gasteiger partial charge in [0, 0.05) is 19.6 Å². The van der Waals surface area contributed by atoms with Crippen molar-refractivity contribution in [2.75, 3.05) is 37.8 Å². The Labute approximate surface area is 111 Å². The summed E-state index contributed by atoms with van der Waals surface area (Å²) in [6, 6.07) is 0.201. The zero-order valence-electron chi connectivity index (χ0n) is 11.1. The maximum atomic E-state index is 11.1. The van der Waals surface area contributed by atoms with Crippen molar-refractivity contribution in [1.29, 1.82) is 0 Å². The maximum Gasteiger partial charge on any atom is 0.353 e. The number of hydrogen-bond acceptors (Lipinski definition) is 7. The summed E-state index contributed by atoms with van der Waals surface area (Å²) in [7, 11) is 3.86. The van der Waals surface area contributed by atoms with Crippen LogP contribution in [0.2, 0.25) is 0 Å². The van der Waals surface area contributed by atoms with Crippen LogP contribution >= 0.6 is 0 Å². The van der Waals surface area contributed by atoms with E-state index in [2.05, 4.69) is 14.9 Å². The molecular weight excluding hydrogens is 248 g/mol. The number of anilines is 2. The lowest BCUT2D eigenvalue weighted by Gasteiger charge is -2.36. The summed E-state index contributed by atoms with van der Waals surface area (Å²) in [6.07, 6.45) is 3.32. The van der Waals surface area contributed by atoms with Crippen LogP contribution < -0.4 is 10.6 Å². The van der Waals surface area contributed by atoms with Crippen LogP contribution in [0.1, 0.15) is 12.8 Å². The Morgan fingerprint density at radius 2 is 2.32 bits per heavy atom. The van der Waals surface area contributed by atoms with Gasteiger partial charge in [-0.05, 0) is 26.4 Å². The lowest BCUT2D eigenvalue weighted by Crippen LogP contribution is -2.45. The Morgan fingerprint density at radius 1 is 1.58 bits per heavy atom. The fourth-order valence-corrected chi connectivity index (χ4v) is 2.44. The molecule has 1 aromatic heterocycles. The summed E-state index contributed by atoms with van der Waals surface area (Å²) in [4.78, 5) is 22.4. The fourth-order valence-electron chi connectivity index (χ4n) is 2.44. The van der Waals surface area contributed by atoms with Crippen LogP contribution in [0, 0.1) is 10.1 Å². The van der Waals surface area contributed by atoms with Gasteiger partial charge in [-0.3, -0.25) is 10.1 Å². The summed E-state index contributed by atoms with van der Waals surface area (Å²) >= 11 is 0. The summed E-state index contributed by atoms with van der Waals surface area (Å²) in [5.41, 5.74) is 5.38. The second-order valence-corrected chi connectivity index (χ2v) is 4.86. The average molecular weight is 266 g/mol. The van der Waals surface area contributed by atoms with Gasteiger partial charge < -0.3 is 15.5 Å². The largest absolute Gasteiger partial charge is 0.378 e. The van der Waals surface area contributed by atoms with Gasteiger partial charge in [0.2, 0.25) is 11.6 Å². The number of nitro groups is 1. The molecule has 0 radical (unpaired) electrons. The monoisotopic (exact) mass is 266 g/mol. The molecule has 0 bridgehead atoms. The molecule has 8 heteroatoms. The number of piperidine rings is 1. The van der Waals surface area contributed by atoms with Crippen molar-refractivity contribution in [2.45, 2.75) is 18.9 Å². The Hall–Kier alpha value is -1.96. The van der Waals surface area contributed by atoms with Crippen molar-refractivity contribution in [3.63, 3.8) is 0 Å². The van der Waals surface area contributed by atoms with Gasteiger partial charge in [-0.1, -0.05) is 0 Å². The molecule has 1 aliphatic rings. The second-order valence-electron chi connectivity index (χ2n) is 4.86. The van der Waals surface area contributed by atoms with Gasteiger partial charge in [-0.25, -0.2) is 9.97 Å². The molecule has 1 aromatic rings. The smallest absolute Gasteiger partial charge is 0.353 e. The Morgan fingerprint density at radius 3 is 2.95 bits per heavy atom. The molecule has 1 unspecified atom stereocenters. The van der Waals surface area contributed by atoms with E-state index < -0.39 is 4.92 Å². The molecule has 1 fully saturated rings.